The molecule has 1 aliphatic rings. The van der Waals surface area contributed by atoms with Crippen LogP contribution >= 0.6 is 0 Å². The number of hydrogen-bond acceptors (Lipinski definition) is 6. The van der Waals surface area contributed by atoms with Crippen LogP contribution in [0.1, 0.15) is 34.9 Å². The number of carbonyl (C=O) groups excluding carboxylic acids is 2. The van der Waals surface area contributed by atoms with Crippen molar-refractivity contribution in [3.8, 4) is 5.69 Å². The van der Waals surface area contributed by atoms with E-state index < -0.39 is 12.1 Å². The SMILES string of the molecule is O=C(OC(C(=O)NC1CC1)c1ccccc1)c1ccccc1-n1cnnn1. The van der Waals surface area contributed by atoms with Crippen molar-refractivity contribution in [2.45, 2.75) is 25.0 Å². The Kier molecular flexibility index (Phi) is 4.61. The molecule has 136 valence electrons. The Hall–Kier alpha value is -3.55. The number of rotatable bonds is 6. The Morgan fingerprint density at radius 1 is 1.07 bits per heavy atom. The van der Waals surface area contributed by atoms with E-state index in [-0.39, 0.29) is 17.5 Å². The molecule has 1 saturated carbocycles. The Morgan fingerprint density at radius 3 is 2.52 bits per heavy atom. The van der Waals surface area contributed by atoms with Gasteiger partial charge in [0.15, 0.2) is 0 Å². The zero-order valence-corrected chi connectivity index (χ0v) is 14.4. The van der Waals surface area contributed by atoms with E-state index in [1.54, 1.807) is 48.5 Å². The molecule has 0 aliphatic heterocycles. The number of nitrogens with one attached hydrogen (secondary N) is 1. The van der Waals surface area contributed by atoms with Gasteiger partial charge < -0.3 is 10.1 Å². The molecule has 0 spiro atoms. The molecule has 2 aromatic carbocycles. The summed E-state index contributed by atoms with van der Waals surface area (Å²) in [5.74, 6) is -0.946. The molecule has 1 unspecified atom stereocenters. The van der Waals surface area contributed by atoms with Crippen molar-refractivity contribution in [2.75, 3.05) is 0 Å². The fraction of sp³-hybridized carbons (Fsp3) is 0.211. The number of esters is 1. The second-order valence-electron chi connectivity index (χ2n) is 6.25. The molecular formula is C19H17N5O3. The number of hydrogen-bond donors (Lipinski definition) is 1. The molecule has 0 radical (unpaired) electrons. The van der Waals surface area contributed by atoms with Crippen molar-refractivity contribution in [1.82, 2.24) is 25.5 Å². The highest BCUT2D eigenvalue weighted by molar-refractivity contribution is 5.95. The number of ether oxygens (including phenoxy) is 1. The predicted molar refractivity (Wildman–Crippen MR) is 94.9 cm³/mol. The lowest BCUT2D eigenvalue weighted by Gasteiger charge is -2.18. The summed E-state index contributed by atoms with van der Waals surface area (Å²) in [6.45, 7) is 0. The van der Waals surface area contributed by atoms with E-state index in [2.05, 4.69) is 20.8 Å². The molecule has 3 aromatic rings. The summed E-state index contributed by atoms with van der Waals surface area (Å²) in [6, 6.07) is 15.9. The van der Waals surface area contributed by atoms with Crippen LogP contribution in [0.2, 0.25) is 0 Å². The van der Waals surface area contributed by atoms with Crippen LogP contribution in [0.15, 0.2) is 60.9 Å². The zero-order chi connectivity index (χ0) is 18.6. The maximum atomic E-state index is 12.9. The third kappa shape index (κ3) is 3.84. The molecule has 0 bridgehead atoms. The lowest BCUT2D eigenvalue weighted by atomic mass is 10.1. The van der Waals surface area contributed by atoms with E-state index in [0.29, 0.717) is 11.3 Å². The Morgan fingerprint density at radius 2 is 1.81 bits per heavy atom. The van der Waals surface area contributed by atoms with Gasteiger partial charge in [-0.15, -0.1) is 5.10 Å². The molecule has 1 aliphatic carbocycles. The van der Waals surface area contributed by atoms with Gasteiger partial charge in [0.2, 0.25) is 6.10 Å². The number of amides is 1. The first-order valence-corrected chi connectivity index (χ1v) is 8.61. The Balaban J connectivity index is 1.61. The number of aromatic nitrogens is 4. The minimum absolute atomic E-state index is 0.163. The first kappa shape index (κ1) is 16.9. The molecule has 1 amide bonds. The molecule has 1 N–H and O–H groups in total. The van der Waals surface area contributed by atoms with E-state index >= 15 is 0 Å². The molecular weight excluding hydrogens is 346 g/mol. The van der Waals surface area contributed by atoms with Crippen LogP contribution in [0.5, 0.6) is 0 Å². The molecule has 8 heteroatoms. The van der Waals surface area contributed by atoms with E-state index in [1.807, 2.05) is 6.07 Å². The summed E-state index contributed by atoms with van der Waals surface area (Å²) >= 11 is 0. The standard InChI is InChI=1S/C19H17N5O3/c25-18(21-14-10-11-14)17(13-6-2-1-3-7-13)27-19(26)15-8-4-5-9-16(15)24-12-20-22-23-24/h1-9,12,14,17H,10-11H2,(H,21,25). The lowest BCUT2D eigenvalue weighted by molar-refractivity contribution is -0.130. The summed E-state index contributed by atoms with van der Waals surface area (Å²) in [7, 11) is 0. The van der Waals surface area contributed by atoms with Gasteiger partial charge in [0, 0.05) is 11.6 Å². The van der Waals surface area contributed by atoms with Gasteiger partial charge in [0.05, 0.1) is 11.3 Å². The fourth-order valence-electron chi connectivity index (χ4n) is 2.69. The largest absolute Gasteiger partial charge is 0.444 e. The average Bonchev–Trinajstić information content (AvgIpc) is 3.35. The summed E-state index contributed by atoms with van der Waals surface area (Å²) in [5, 5.41) is 13.9. The monoisotopic (exact) mass is 363 g/mol. The van der Waals surface area contributed by atoms with Crippen molar-refractivity contribution in [2.24, 2.45) is 0 Å². The molecule has 1 heterocycles. The molecule has 0 saturated heterocycles. The highest BCUT2D eigenvalue weighted by atomic mass is 16.5. The van der Waals surface area contributed by atoms with Gasteiger partial charge in [-0.05, 0) is 35.4 Å². The van der Waals surface area contributed by atoms with Crippen LogP contribution in [0.3, 0.4) is 0 Å². The van der Waals surface area contributed by atoms with Gasteiger partial charge in [-0.25, -0.2) is 4.79 Å². The molecule has 27 heavy (non-hydrogen) atoms. The Labute approximate surface area is 155 Å². The van der Waals surface area contributed by atoms with Gasteiger partial charge in [0.1, 0.15) is 6.33 Å². The summed E-state index contributed by atoms with van der Waals surface area (Å²) < 4.78 is 6.99. The lowest BCUT2D eigenvalue weighted by Crippen LogP contribution is -2.33. The number of carbonyl (C=O) groups is 2. The maximum Gasteiger partial charge on any atom is 0.341 e. The Bertz CT molecular complexity index is 939. The number of benzene rings is 2. The average molecular weight is 363 g/mol. The van der Waals surface area contributed by atoms with E-state index in [0.717, 1.165) is 12.8 Å². The summed E-state index contributed by atoms with van der Waals surface area (Å²) in [6.07, 6.45) is 2.26. The number of tetrazole rings is 1. The first-order chi connectivity index (χ1) is 13.2. The molecule has 1 aromatic heterocycles. The van der Waals surface area contributed by atoms with Crippen LogP contribution in [0.25, 0.3) is 5.69 Å². The first-order valence-electron chi connectivity index (χ1n) is 8.61. The topological polar surface area (TPSA) is 99.0 Å². The van der Waals surface area contributed by atoms with Crippen molar-refractivity contribution in [3.05, 3.63) is 72.1 Å². The normalized spacial score (nSPS) is 14.4. The molecule has 4 rings (SSSR count). The predicted octanol–water partition coefficient (Wildman–Crippen LogP) is 1.84. The summed E-state index contributed by atoms with van der Waals surface area (Å²) in [5.41, 5.74) is 1.36. The smallest absolute Gasteiger partial charge is 0.341 e. The third-order valence-corrected chi connectivity index (χ3v) is 4.21. The summed E-state index contributed by atoms with van der Waals surface area (Å²) in [4.78, 5) is 25.5. The quantitative estimate of drug-likeness (QED) is 0.671. The number of nitrogens with zero attached hydrogens (tertiary/aromatic N) is 4. The van der Waals surface area contributed by atoms with Crippen LogP contribution in [0.4, 0.5) is 0 Å². The van der Waals surface area contributed by atoms with Crippen LogP contribution in [0, 0.1) is 0 Å². The van der Waals surface area contributed by atoms with Gasteiger partial charge in [-0.2, -0.15) is 4.68 Å². The highest BCUT2D eigenvalue weighted by Crippen LogP contribution is 2.25. The van der Waals surface area contributed by atoms with Crippen molar-refractivity contribution in [1.29, 1.82) is 0 Å². The molecule has 1 atom stereocenters. The van der Waals surface area contributed by atoms with Gasteiger partial charge in [-0.1, -0.05) is 42.5 Å². The minimum Gasteiger partial charge on any atom is -0.444 e. The maximum absolute atomic E-state index is 12.9. The fourth-order valence-corrected chi connectivity index (χ4v) is 2.69. The van der Waals surface area contributed by atoms with Crippen molar-refractivity contribution >= 4 is 11.9 Å². The van der Waals surface area contributed by atoms with Gasteiger partial charge in [0.25, 0.3) is 5.91 Å². The van der Waals surface area contributed by atoms with E-state index in [4.69, 9.17) is 4.74 Å². The van der Waals surface area contributed by atoms with E-state index in [9.17, 15) is 9.59 Å². The second-order valence-corrected chi connectivity index (χ2v) is 6.25. The molecule has 1 fully saturated rings. The van der Waals surface area contributed by atoms with Crippen LogP contribution in [-0.2, 0) is 9.53 Å². The highest BCUT2D eigenvalue weighted by Gasteiger charge is 2.31. The van der Waals surface area contributed by atoms with E-state index in [1.165, 1.54) is 11.0 Å². The third-order valence-electron chi connectivity index (χ3n) is 4.21. The van der Waals surface area contributed by atoms with Gasteiger partial charge >= 0.3 is 5.97 Å². The zero-order valence-electron chi connectivity index (χ0n) is 14.4. The van der Waals surface area contributed by atoms with Crippen molar-refractivity contribution < 1.29 is 14.3 Å². The van der Waals surface area contributed by atoms with Crippen molar-refractivity contribution in [3.63, 3.8) is 0 Å². The minimum atomic E-state index is -1.03. The van der Waals surface area contributed by atoms with Crippen LogP contribution in [-0.4, -0.2) is 38.1 Å². The second kappa shape index (κ2) is 7.36. The molecule has 8 nitrogen and oxygen atoms in total. The van der Waals surface area contributed by atoms with Crippen LogP contribution < -0.4 is 5.32 Å². The van der Waals surface area contributed by atoms with Gasteiger partial charge in [-0.3, -0.25) is 4.79 Å². The number of para-hydroxylation sites is 1.